The highest BCUT2D eigenvalue weighted by molar-refractivity contribution is 8.18. The number of carbonyl (C=O) groups is 3. The first-order chi connectivity index (χ1) is 12.0. The maximum Gasteiger partial charge on any atom is 0.335 e. The molecule has 7 heteroatoms. The summed E-state index contributed by atoms with van der Waals surface area (Å²) in [5.74, 6) is -1.33. The van der Waals surface area contributed by atoms with E-state index >= 15 is 0 Å². The van der Waals surface area contributed by atoms with Crippen molar-refractivity contribution in [2.75, 3.05) is 6.54 Å². The molecule has 0 atom stereocenters. The minimum Gasteiger partial charge on any atom is -0.478 e. The molecule has 3 rings (SSSR count). The first-order valence-corrected chi connectivity index (χ1v) is 8.20. The van der Waals surface area contributed by atoms with Gasteiger partial charge < -0.3 is 9.67 Å². The number of hydrogen-bond donors (Lipinski definition) is 1. The molecule has 0 spiro atoms. The fraction of sp³-hybridized carbons (Fsp3) is 0.0556. The predicted molar refractivity (Wildman–Crippen MR) is 95.6 cm³/mol. The summed E-state index contributed by atoms with van der Waals surface area (Å²) in [7, 11) is 0. The van der Waals surface area contributed by atoms with Crippen LogP contribution in [0.3, 0.4) is 0 Å². The lowest BCUT2D eigenvalue weighted by Crippen LogP contribution is -2.27. The average molecular weight is 354 g/mol. The van der Waals surface area contributed by atoms with Crippen LogP contribution >= 0.6 is 11.8 Å². The second-order valence-electron chi connectivity index (χ2n) is 5.24. The minimum absolute atomic E-state index is 0.180. The number of imide groups is 1. The Kier molecular flexibility index (Phi) is 4.58. The second-order valence-corrected chi connectivity index (χ2v) is 6.23. The summed E-state index contributed by atoms with van der Waals surface area (Å²) in [5.41, 5.74) is 1.67. The van der Waals surface area contributed by atoms with Gasteiger partial charge in [-0.05, 0) is 54.2 Å². The topological polar surface area (TPSA) is 79.6 Å². The van der Waals surface area contributed by atoms with E-state index < -0.39 is 5.97 Å². The van der Waals surface area contributed by atoms with Crippen LogP contribution in [-0.2, 0) is 4.79 Å². The Hall–Kier alpha value is -3.06. The largest absolute Gasteiger partial charge is 0.478 e. The maximum atomic E-state index is 12.3. The van der Waals surface area contributed by atoms with Crippen molar-refractivity contribution < 1.29 is 19.5 Å². The lowest BCUT2D eigenvalue weighted by Gasteiger charge is -2.09. The summed E-state index contributed by atoms with van der Waals surface area (Å²) in [6.45, 7) is 3.73. The highest BCUT2D eigenvalue weighted by Crippen LogP contribution is 2.32. The third-order valence-electron chi connectivity index (χ3n) is 3.64. The molecule has 1 aliphatic heterocycles. The average Bonchev–Trinajstić information content (AvgIpc) is 3.16. The number of nitrogens with zero attached hydrogens (tertiary/aromatic N) is 2. The zero-order chi connectivity index (χ0) is 18.0. The molecule has 1 aromatic carbocycles. The molecule has 1 fully saturated rings. The monoisotopic (exact) mass is 354 g/mol. The van der Waals surface area contributed by atoms with E-state index in [9.17, 15) is 14.4 Å². The van der Waals surface area contributed by atoms with E-state index in [0.29, 0.717) is 10.6 Å². The number of amides is 2. The van der Waals surface area contributed by atoms with Gasteiger partial charge in [-0.2, -0.15) is 0 Å². The summed E-state index contributed by atoms with van der Waals surface area (Å²) in [5, 5.41) is 8.65. The van der Waals surface area contributed by atoms with Gasteiger partial charge in [0.2, 0.25) is 0 Å². The van der Waals surface area contributed by atoms with Crippen molar-refractivity contribution in [2.45, 2.75) is 0 Å². The third kappa shape index (κ3) is 3.27. The van der Waals surface area contributed by atoms with Crippen molar-refractivity contribution in [2.24, 2.45) is 0 Å². The Morgan fingerprint density at radius 3 is 2.56 bits per heavy atom. The van der Waals surface area contributed by atoms with Gasteiger partial charge in [-0.15, -0.1) is 6.58 Å². The van der Waals surface area contributed by atoms with E-state index in [4.69, 9.17) is 5.11 Å². The zero-order valence-electron chi connectivity index (χ0n) is 13.1. The molecule has 0 bridgehead atoms. The van der Waals surface area contributed by atoms with Crippen LogP contribution in [0.15, 0.2) is 60.2 Å². The van der Waals surface area contributed by atoms with Crippen LogP contribution < -0.4 is 0 Å². The Bertz CT molecular complexity index is 896. The molecule has 6 nitrogen and oxygen atoms in total. The number of aromatic carboxylic acids is 1. The molecule has 0 aliphatic carbocycles. The van der Waals surface area contributed by atoms with Gasteiger partial charge in [0.05, 0.1) is 10.5 Å². The van der Waals surface area contributed by atoms with Gasteiger partial charge in [0.1, 0.15) is 0 Å². The molecule has 2 amide bonds. The fourth-order valence-corrected chi connectivity index (χ4v) is 3.27. The number of benzene rings is 1. The Balaban J connectivity index is 1.92. The number of rotatable bonds is 5. The van der Waals surface area contributed by atoms with Crippen LogP contribution in [0, 0.1) is 0 Å². The molecule has 2 heterocycles. The van der Waals surface area contributed by atoms with Crippen LogP contribution in [-0.4, -0.2) is 38.2 Å². The molecule has 1 saturated heterocycles. The number of aromatic nitrogens is 1. The second kappa shape index (κ2) is 6.82. The molecule has 0 unspecified atom stereocenters. The third-order valence-corrected chi connectivity index (χ3v) is 4.54. The number of carbonyl (C=O) groups excluding carboxylic acids is 2. The van der Waals surface area contributed by atoms with E-state index in [1.807, 2.05) is 16.7 Å². The molecular formula is C18H14N2O4S. The molecule has 2 aromatic rings. The molecular weight excluding hydrogens is 340 g/mol. The van der Waals surface area contributed by atoms with Crippen LogP contribution in [0.4, 0.5) is 4.79 Å². The van der Waals surface area contributed by atoms with Gasteiger partial charge in [0.25, 0.3) is 11.1 Å². The van der Waals surface area contributed by atoms with Crippen LogP contribution in [0.25, 0.3) is 11.8 Å². The molecule has 0 saturated carbocycles. The van der Waals surface area contributed by atoms with Gasteiger partial charge >= 0.3 is 5.97 Å². The van der Waals surface area contributed by atoms with Gasteiger partial charge in [0.15, 0.2) is 0 Å². The Morgan fingerprint density at radius 2 is 1.92 bits per heavy atom. The summed E-state index contributed by atoms with van der Waals surface area (Å²) in [4.78, 5) is 36.6. The normalized spacial score (nSPS) is 15.8. The van der Waals surface area contributed by atoms with E-state index in [1.54, 1.807) is 24.4 Å². The molecule has 25 heavy (non-hydrogen) atoms. The number of hydrogen-bond acceptors (Lipinski definition) is 4. The minimum atomic E-state index is -0.991. The number of carboxylic acid groups (broad SMARTS) is 1. The summed E-state index contributed by atoms with van der Waals surface area (Å²) in [6, 6.07) is 10.0. The SMILES string of the molecule is C=CCN1C(=O)S/C(=C/c2cccn2-c2ccc(C(=O)O)cc2)C1=O. The smallest absolute Gasteiger partial charge is 0.335 e. The van der Waals surface area contributed by atoms with Crippen LogP contribution in [0.5, 0.6) is 0 Å². The summed E-state index contributed by atoms with van der Waals surface area (Å²) >= 11 is 0.890. The van der Waals surface area contributed by atoms with Gasteiger partial charge in [0, 0.05) is 24.1 Å². The highest BCUT2D eigenvalue weighted by atomic mass is 32.2. The molecule has 1 aromatic heterocycles. The van der Waals surface area contributed by atoms with Crippen molar-refractivity contribution in [3.05, 3.63) is 71.4 Å². The van der Waals surface area contributed by atoms with E-state index in [1.165, 1.54) is 18.2 Å². The molecule has 0 radical (unpaired) electrons. The van der Waals surface area contributed by atoms with Crippen molar-refractivity contribution in [1.82, 2.24) is 9.47 Å². The van der Waals surface area contributed by atoms with E-state index in [2.05, 4.69) is 6.58 Å². The predicted octanol–water partition coefficient (Wildman–Crippen LogP) is 3.40. The quantitative estimate of drug-likeness (QED) is 0.657. The Morgan fingerprint density at radius 1 is 1.20 bits per heavy atom. The first-order valence-electron chi connectivity index (χ1n) is 7.38. The van der Waals surface area contributed by atoms with Gasteiger partial charge in [-0.25, -0.2) is 4.79 Å². The van der Waals surface area contributed by atoms with Crippen molar-refractivity contribution in [3.63, 3.8) is 0 Å². The molecule has 1 N–H and O–H groups in total. The lowest BCUT2D eigenvalue weighted by molar-refractivity contribution is -0.122. The van der Waals surface area contributed by atoms with Gasteiger partial charge in [-0.3, -0.25) is 14.5 Å². The maximum absolute atomic E-state index is 12.3. The first kappa shape index (κ1) is 16.8. The van der Waals surface area contributed by atoms with E-state index in [0.717, 1.165) is 22.3 Å². The van der Waals surface area contributed by atoms with Crippen molar-refractivity contribution in [1.29, 1.82) is 0 Å². The Labute approximate surface area is 148 Å². The molecule has 1 aliphatic rings. The van der Waals surface area contributed by atoms with Crippen molar-refractivity contribution in [3.8, 4) is 5.69 Å². The lowest BCUT2D eigenvalue weighted by atomic mass is 10.2. The highest BCUT2D eigenvalue weighted by Gasteiger charge is 2.34. The van der Waals surface area contributed by atoms with Crippen molar-refractivity contribution >= 4 is 35.0 Å². The van der Waals surface area contributed by atoms with Gasteiger partial charge in [-0.1, -0.05) is 6.08 Å². The number of thioether (sulfide) groups is 1. The number of carboxylic acids is 1. The summed E-state index contributed by atoms with van der Waals surface area (Å²) < 4.78 is 1.81. The fourth-order valence-electron chi connectivity index (χ4n) is 2.43. The molecule has 126 valence electrons. The zero-order valence-corrected chi connectivity index (χ0v) is 13.9. The summed E-state index contributed by atoms with van der Waals surface area (Å²) in [6.07, 6.45) is 4.96. The van der Waals surface area contributed by atoms with Crippen LogP contribution in [0.1, 0.15) is 16.1 Å². The standard InChI is InChI=1S/C18H14N2O4S/c1-2-9-20-16(21)15(25-18(20)24)11-14-4-3-10-19(14)13-7-5-12(6-8-13)17(22)23/h2-8,10-11H,1,9H2,(H,22,23)/b15-11+. The van der Waals surface area contributed by atoms with E-state index in [-0.39, 0.29) is 23.3 Å². The van der Waals surface area contributed by atoms with Crippen LogP contribution in [0.2, 0.25) is 0 Å².